The Balaban J connectivity index is 2.02. The molecule has 8 nitrogen and oxygen atoms in total. The maximum absolute atomic E-state index is 12.0. The second-order valence-corrected chi connectivity index (χ2v) is 4.90. The van der Waals surface area contributed by atoms with E-state index in [2.05, 4.69) is 30.5 Å². The number of anilines is 1. The average Bonchev–Trinajstić information content (AvgIpc) is 2.62. The molecule has 0 spiro atoms. The molecular weight excluding hydrogens is 334 g/mol. The van der Waals surface area contributed by atoms with E-state index in [1.807, 2.05) is 0 Å². The van der Waals surface area contributed by atoms with Gasteiger partial charge >= 0.3 is 5.97 Å². The Hall–Kier alpha value is -3.00. The smallest absolute Gasteiger partial charge is 0.334 e. The predicted octanol–water partition coefficient (Wildman–Crippen LogP) is 1.50. The number of hydrazone groups is 1. The van der Waals surface area contributed by atoms with Crippen molar-refractivity contribution in [2.24, 2.45) is 5.10 Å². The highest BCUT2D eigenvalue weighted by atomic mass is 35.5. The number of hydrogen-bond acceptors (Lipinski definition) is 7. The molecule has 1 aromatic heterocycles. The number of nitrogens with one attached hydrogen (secondary N) is 2. The van der Waals surface area contributed by atoms with Gasteiger partial charge in [-0.1, -0.05) is 11.6 Å². The summed E-state index contributed by atoms with van der Waals surface area (Å²) in [6.07, 6.45) is 5.31. The van der Waals surface area contributed by atoms with Crippen molar-refractivity contribution in [3.63, 3.8) is 0 Å². The summed E-state index contributed by atoms with van der Waals surface area (Å²) >= 11 is 5.79. The maximum Gasteiger partial charge on any atom is 0.334 e. The number of esters is 1. The molecule has 0 saturated heterocycles. The lowest BCUT2D eigenvalue weighted by molar-refractivity contribution is -0.140. The number of methoxy groups -OCH3 is 1. The minimum Gasteiger partial charge on any atom is -0.467 e. The lowest BCUT2D eigenvalue weighted by Crippen LogP contribution is -2.43. The molecule has 0 radical (unpaired) electrons. The molecule has 24 heavy (non-hydrogen) atoms. The zero-order chi connectivity index (χ0) is 17.4. The number of ether oxygens (including phenoxy) is 1. The molecule has 9 heteroatoms. The van der Waals surface area contributed by atoms with E-state index in [0.717, 1.165) is 0 Å². The van der Waals surface area contributed by atoms with Crippen LogP contribution in [0.25, 0.3) is 0 Å². The molecular formula is C15H14ClN5O3. The summed E-state index contributed by atoms with van der Waals surface area (Å²) in [5, 5.41) is 6.96. The zero-order valence-corrected chi connectivity index (χ0v) is 13.4. The molecule has 1 aromatic carbocycles. The normalized spacial score (nSPS) is 11.8. The summed E-state index contributed by atoms with van der Waals surface area (Å²) < 4.78 is 4.64. The lowest BCUT2D eigenvalue weighted by Gasteiger charge is -2.11. The Morgan fingerprint density at radius 3 is 2.67 bits per heavy atom. The van der Waals surface area contributed by atoms with E-state index >= 15 is 0 Å². The highest BCUT2D eigenvalue weighted by Gasteiger charge is 2.21. The zero-order valence-electron chi connectivity index (χ0n) is 12.6. The van der Waals surface area contributed by atoms with Gasteiger partial charge in [0.2, 0.25) is 0 Å². The topological polar surface area (TPSA) is 106 Å². The van der Waals surface area contributed by atoms with Crippen molar-refractivity contribution in [3.05, 3.63) is 53.6 Å². The highest BCUT2D eigenvalue weighted by Crippen LogP contribution is 2.13. The minimum absolute atomic E-state index is 0.0745. The lowest BCUT2D eigenvalue weighted by atomic mass is 10.3. The maximum atomic E-state index is 12.0. The largest absolute Gasteiger partial charge is 0.467 e. The van der Waals surface area contributed by atoms with Crippen molar-refractivity contribution in [2.75, 3.05) is 12.5 Å². The quantitative estimate of drug-likeness (QED) is 0.466. The molecule has 0 aliphatic heterocycles. The van der Waals surface area contributed by atoms with Gasteiger partial charge in [-0.05, 0) is 24.3 Å². The van der Waals surface area contributed by atoms with Crippen molar-refractivity contribution in [3.8, 4) is 0 Å². The molecule has 1 unspecified atom stereocenters. The SMILES string of the molecule is COC(=O)C(/C=N/Nc1ccc(Cl)cc1)NC(=O)c1cnccn1. The number of rotatable bonds is 6. The Morgan fingerprint density at radius 1 is 1.29 bits per heavy atom. The molecule has 0 aliphatic rings. The fourth-order valence-corrected chi connectivity index (χ4v) is 1.75. The van der Waals surface area contributed by atoms with Crippen LogP contribution in [0.3, 0.4) is 0 Å². The van der Waals surface area contributed by atoms with Gasteiger partial charge in [-0.2, -0.15) is 5.10 Å². The van der Waals surface area contributed by atoms with Crippen LogP contribution in [0, 0.1) is 0 Å². The van der Waals surface area contributed by atoms with Crippen LogP contribution in [-0.2, 0) is 9.53 Å². The van der Waals surface area contributed by atoms with E-state index < -0.39 is 17.9 Å². The fourth-order valence-electron chi connectivity index (χ4n) is 1.63. The second kappa shape index (κ2) is 8.59. The number of carbonyl (C=O) groups is 2. The summed E-state index contributed by atoms with van der Waals surface area (Å²) in [5.41, 5.74) is 3.46. The van der Waals surface area contributed by atoms with Crippen molar-refractivity contribution < 1.29 is 14.3 Å². The molecule has 2 rings (SSSR count). The second-order valence-electron chi connectivity index (χ2n) is 4.46. The molecule has 1 amide bonds. The molecule has 2 aromatic rings. The number of benzene rings is 1. The van der Waals surface area contributed by atoms with E-state index in [1.165, 1.54) is 31.9 Å². The first kappa shape index (κ1) is 17.4. The molecule has 0 saturated carbocycles. The van der Waals surface area contributed by atoms with E-state index in [4.69, 9.17) is 11.6 Å². The Morgan fingerprint density at radius 2 is 2.04 bits per heavy atom. The van der Waals surface area contributed by atoms with Gasteiger partial charge in [-0.15, -0.1) is 0 Å². The van der Waals surface area contributed by atoms with Crippen LogP contribution >= 0.6 is 11.6 Å². The third-order valence-corrected chi connectivity index (χ3v) is 3.05. The molecule has 1 heterocycles. The van der Waals surface area contributed by atoms with Gasteiger partial charge in [0.1, 0.15) is 5.69 Å². The van der Waals surface area contributed by atoms with Crippen molar-refractivity contribution >= 4 is 35.4 Å². The van der Waals surface area contributed by atoms with Gasteiger partial charge in [0.15, 0.2) is 6.04 Å². The molecule has 0 bridgehead atoms. The molecule has 124 valence electrons. The van der Waals surface area contributed by atoms with Gasteiger partial charge in [0.05, 0.1) is 25.2 Å². The number of nitrogens with zero attached hydrogens (tertiary/aromatic N) is 3. The number of hydrogen-bond donors (Lipinski definition) is 2. The van der Waals surface area contributed by atoms with Gasteiger partial charge in [0.25, 0.3) is 5.91 Å². The Labute approximate surface area is 142 Å². The third kappa shape index (κ3) is 5.03. The summed E-state index contributed by atoms with van der Waals surface area (Å²) in [6.45, 7) is 0. The van der Waals surface area contributed by atoms with Crippen molar-refractivity contribution in [1.29, 1.82) is 0 Å². The van der Waals surface area contributed by atoms with Crippen LogP contribution in [0.4, 0.5) is 5.69 Å². The van der Waals surface area contributed by atoms with Crippen LogP contribution < -0.4 is 10.7 Å². The molecule has 1 atom stereocenters. The monoisotopic (exact) mass is 347 g/mol. The first-order chi connectivity index (χ1) is 11.6. The van der Waals surface area contributed by atoms with Gasteiger partial charge in [-0.25, -0.2) is 9.78 Å². The van der Waals surface area contributed by atoms with Gasteiger partial charge in [-0.3, -0.25) is 15.2 Å². The van der Waals surface area contributed by atoms with E-state index in [1.54, 1.807) is 24.3 Å². The predicted molar refractivity (Wildman–Crippen MR) is 88.9 cm³/mol. The summed E-state index contributed by atoms with van der Waals surface area (Å²) in [5.74, 6) is -1.25. The number of halogens is 1. The van der Waals surface area contributed by atoms with Crippen LogP contribution in [-0.4, -0.2) is 41.2 Å². The standard InChI is InChI=1S/C15H14ClN5O3/c1-24-15(23)13(20-14(22)12-8-17-6-7-18-12)9-19-21-11-4-2-10(16)3-5-11/h2-9,13,21H,1H3,(H,20,22)/b19-9+. The molecule has 0 fully saturated rings. The number of amides is 1. The number of carbonyl (C=O) groups excluding carboxylic acids is 2. The van der Waals surface area contributed by atoms with Crippen LogP contribution in [0.15, 0.2) is 48.0 Å². The van der Waals surface area contributed by atoms with Crippen molar-refractivity contribution in [2.45, 2.75) is 6.04 Å². The summed E-state index contributed by atoms with van der Waals surface area (Å²) in [4.78, 5) is 31.4. The summed E-state index contributed by atoms with van der Waals surface area (Å²) in [6, 6.07) is 5.72. The minimum atomic E-state index is -1.08. The Bertz CT molecular complexity index is 722. The molecule has 2 N–H and O–H groups in total. The first-order valence-corrected chi connectivity index (χ1v) is 7.17. The fraction of sp³-hybridized carbons (Fsp3) is 0.133. The van der Waals surface area contributed by atoms with Gasteiger partial charge < -0.3 is 10.1 Å². The van der Waals surface area contributed by atoms with Crippen LogP contribution in [0.2, 0.25) is 5.02 Å². The van der Waals surface area contributed by atoms with Gasteiger partial charge in [0, 0.05) is 17.4 Å². The summed E-state index contributed by atoms with van der Waals surface area (Å²) in [7, 11) is 1.21. The van der Waals surface area contributed by atoms with E-state index in [0.29, 0.717) is 10.7 Å². The van der Waals surface area contributed by atoms with Crippen LogP contribution in [0.5, 0.6) is 0 Å². The highest BCUT2D eigenvalue weighted by molar-refractivity contribution is 6.30. The third-order valence-electron chi connectivity index (χ3n) is 2.80. The molecule has 0 aliphatic carbocycles. The van der Waals surface area contributed by atoms with E-state index in [9.17, 15) is 9.59 Å². The first-order valence-electron chi connectivity index (χ1n) is 6.79. The number of aromatic nitrogens is 2. The van der Waals surface area contributed by atoms with Crippen LogP contribution in [0.1, 0.15) is 10.5 Å². The Kier molecular flexibility index (Phi) is 6.21. The van der Waals surface area contributed by atoms with E-state index in [-0.39, 0.29) is 5.69 Å². The average molecular weight is 348 g/mol. The van der Waals surface area contributed by atoms with Crippen molar-refractivity contribution in [1.82, 2.24) is 15.3 Å².